The van der Waals surface area contributed by atoms with E-state index in [9.17, 15) is 4.79 Å². The molecule has 0 aromatic heterocycles. The lowest BCUT2D eigenvalue weighted by atomic mass is 9.85. The van der Waals surface area contributed by atoms with Gasteiger partial charge in [-0.05, 0) is 30.2 Å². The maximum Gasteiger partial charge on any atom is 0.132 e. The Morgan fingerprint density at radius 1 is 1.06 bits per heavy atom. The minimum Gasteiger partial charge on any atom is -0.344 e. The van der Waals surface area contributed by atoms with E-state index in [0.717, 1.165) is 28.8 Å². The molecule has 3 rings (SSSR count). The monoisotopic (exact) mass is 237 g/mol. The van der Waals surface area contributed by atoms with Gasteiger partial charge in [-0.15, -0.1) is 0 Å². The van der Waals surface area contributed by atoms with Crippen LogP contribution >= 0.6 is 0 Å². The highest BCUT2D eigenvalue weighted by atomic mass is 16.1. The molecule has 0 amide bonds. The van der Waals surface area contributed by atoms with Gasteiger partial charge in [0.1, 0.15) is 6.29 Å². The van der Waals surface area contributed by atoms with Gasteiger partial charge >= 0.3 is 0 Å². The van der Waals surface area contributed by atoms with E-state index in [1.54, 1.807) is 0 Å². The lowest BCUT2D eigenvalue weighted by Crippen LogP contribution is -2.22. The number of carbonyl (C=O) groups is 1. The highest BCUT2D eigenvalue weighted by Gasteiger charge is 2.27. The van der Waals surface area contributed by atoms with Crippen molar-refractivity contribution < 1.29 is 4.79 Å². The number of benzene rings is 2. The predicted molar refractivity (Wildman–Crippen MR) is 73.6 cm³/mol. The molecule has 0 aliphatic carbocycles. The van der Waals surface area contributed by atoms with Crippen molar-refractivity contribution in [2.24, 2.45) is 0 Å². The average molecular weight is 237 g/mol. The zero-order valence-electron chi connectivity index (χ0n) is 10.6. The standard InChI is InChI=1S/C16H15NO/c1-11-7-8-16-13(9-11)14(10-18)12-5-3-4-6-15(12)17(16)2/h3-10,14H,1-2H3. The van der Waals surface area contributed by atoms with Gasteiger partial charge < -0.3 is 9.69 Å². The van der Waals surface area contributed by atoms with Gasteiger partial charge in [-0.25, -0.2) is 0 Å². The first-order valence-corrected chi connectivity index (χ1v) is 6.11. The molecule has 2 aromatic carbocycles. The minimum absolute atomic E-state index is 0.146. The predicted octanol–water partition coefficient (Wildman–Crippen LogP) is 3.41. The second-order valence-electron chi connectivity index (χ2n) is 4.79. The fourth-order valence-electron chi connectivity index (χ4n) is 2.73. The molecule has 1 heterocycles. The maximum absolute atomic E-state index is 11.5. The summed E-state index contributed by atoms with van der Waals surface area (Å²) in [6.45, 7) is 2.06. The third-order valence-corrected chi connectivity index (χ3v) is 3.65. The Morgan fingerprint density at radius 3 is 2.56 bits per heavy atom. The first-order valence-electron chi connectivity index (χ1n) is 6.11. The first-order chi connectivity index (χ1) is 8.72. The number of hydrogen-bond acceptors (Lipinski definition) is 2. The number of para-hydroxylation sites is 1. The lowest BCUT2D eigenvalue weighted by molar-refractivity contribution is -0.108. The number of aldehydes is 1. The van der Waals surface area contributed by atoms with Crippen molar-refractivity contribution in [2.45, 2.75) is 12.8 Å². The Balaban J connectivity index is 2.29. The molecule has 0 saturated carbocycles. The van der Waals surface area contributed by atoms with Gasteiger partial charge in [0.05, 0.1) is 5.92 Å². The van der Waals surface area contributed by atoms with E-state index in [1.807, 2.05) is 25.2 Å². The fraction of sp³-hybridized carbons (Fsp3) is 0.188. The van der Waals surface area contributed by atoms with Crippen LogP contribution < -0.4 is 4.90 Å². The van der Waals surface area contributed by atoms with Crippen molar-refractivity contribution in [3.63, 3.8) is 0 Å². The Hall–Kier alpha value is -2.09. The van der Waals surface area contributed by atoms with Crippen LogP contribution in [0.1, 0.15) is 22.6 Å². The molecule has 0 radical (unpaired) electrons. The topological polar surface area (TPSA) is 20.3 Å². The van der Waals surface area contributed by atoms with Crippen LogP contribution in [0, 0.1) is 6.92 Å². The quantitative estimate of drug-likeness (QED) is 0.708. The van der Waals surface area contributed by atoms with E-state index in [2.05, 4.69) is 36.1 Å². The van der Waals surface area contributed by atoms with E-state index in [-0.39, 0.29) is 5.92 Å². The average Bonchev–Trinajstić information content (AvgIpc) is 2.39. The molecule has 1 unspecified atom stereocenters. The molecule has 0 spiro atoms. The van der Waals surface area contributed by atoms with Crippen molar-refractivity contribution in [1.82, 2.24) is 0 Å². The zero-order chi connectivity index (χ0) is 12.7. The number of hydrogen-bond donors (Lipinski definition) is 0. The van der Waals surface area contributed by atoms with Gasteiger partial charge in [0.25, 0.3) is 0 Å². The van der Waals surface area contributed by atoms with Gasteiger partial charge in [-0.1, -0.05) is 35.9 Å². The van der Waals surface area contributed by atoms with Crippen LogP contribution in [0.15, 0.2) is 42.5 Å². The van der Waals surface area contributed by atoms with Gasteiger partial charge in [-0.3, -0.25) is 0 Å². The summed E-state index contributed by atoms with van der Waals surface area (Å²) in [5.41, 5.74) is 5.62. The number of anilines is 2. The lowest BCUT2D eigenvalue weighted by Gasteiger charge is -2.33. The molecule has 1 aliphatic heterocycles. The smallest absolute Gasteiger partial charge is 0.132 e. The summed E-state index contributed by atoms with van der Waals surface area (Å²) in [6.07, 6.45) is 1.05. The van der Waals surface area contributed by atoms with E-state index >= 15 is 0 Å². The van der Waals surface area contributed by atoms with Crippen LogP contribution in [0.4, 0.5) is 11.4 Å². The van der Waals surface area contributed by atoms with Crippen LogP contribution in [0.25, 0.3) is 0 Å². The van der Waals surface area contributed by atoms with E-state index in [4.69, 9.17) is 0 Å². The second-order valence-corrected chi connectivity index (χ2v) is 4.79. The number of fused-ring (bicyclic) bond motifs is 2. The highest BCUT2D eigenvalue weighted by molar-refractivity contribution is 5.84. The third kappa shape index (κ3) is 1.46. The molecule has 90 valence electrons. The second kappa shape index (κ2) is 3.98. The minimum atomic E-state index is -0.146. The molecule has 0 N–H and O–H groups in total. The highest BCUT2D eigenvalue weighted by Crippen LogP contribution is 2.43. The molecule has 0 fully saturated rings. The molecule has 0 bridgehead atoms. The number of carbonyl (C=O) groups excluding carboxylic acids is 1. The van der Waals surface area contributed by atoms with Crippen LogP contribution in [-0.4, -0.2) is 13.3 Å². The summed E-state index contributed by atoms with van der Waals surface area (Å²) in [5.74, 6) is -0.146. The van der Waals surface area contributed by atoms with Gasteiger partial charge in [0.2, 0.25) is 0 Å². The normalized spacial score (nSPS) is 17.0. The molecular formula is C16H15NO. The third-order valence-electron chi connectivity index (χ3n) is 3.65. The summed E-state index contributed by atoms with van der Waals surface area (Å²) in [7, 11) is 2.05. The van der Waals surface area contributed by atoms with E-state index < -0.39 is 0 Å². The fourth-order valence-corrected chi connectivity index (χ4v) is 2.73. The van der Waals surface area contributed by atoms with Crippen molar-refractivity contribution in [1.29, 1.82) is 0 Å². The Labute approximate surface area is 107 Å². The van der Waals surface area contributed by atoms with Crippen molar-refractivity contribution in [3.05, 3.63) is 59.2 Å². The molecule has 1 atom stereocenters. The largest absolute Gasteiger partial charge is 0.344 e. The van der Waals surface area contributed by atoms with Crippen molar-refractivity contribution >= 4 is 17.7 Å². The zero-order valence-corrected chi connectivity index (χ0v) is 10.6. The van der Waals surface area contributed by atoms with Gasteiger partial charge in [0, 0.05) is 18.4 Å². The number of aryl methyl sites for hydroxylation is 1. The molecule has 2 nitrogen and oxygen atoms in total. The Kier molecular flexibility index (Phi) is 2.44. The Bertz CT molecular complexity index is 618. The van der Waals surface area contributed by atoms with Crippen molar-refractivity contribution in [3.8, 4) is 0 Å². The summed E-state index contributed by atoms with van der Waals surface area (Å²) in [6, 6.07) is 14.4. The van der Waals surface area contributed by atoms with Crippen LogP contribution in [0.3, 0.4) is 0 Å². The summed E-state index contributed by atoms with van der Waals surface area (Å²) in [5, 5.41) is 0. The number of rotatable bonds is 1. The van der Waals surface area contributed by atoms with Gasteiger partial charge in [0.15, 0.2) is 0 Å². The molecule has 2 heteroatoms. The maximum atomic E-state index is 11.5. The van der Waals surface area contributed by atoms with Crippen LogP contribution in [0.5, 0.6) is 0 Å². The van der Waals surface area contributed by atoms with Gasteiger partial charge in [-0.2, -0.15) is 0 Å². The molecule has 0 saturated heterocycles. The summed E-state index contributed by atoms with van der Waals surface area (Å²) < 4.78 is 0. The van der Waals surface area contributed by atoms with Crippen molar-refractivity contribution in [2.75, 3.05) is 11.9 Å². The summed E-state index contributed by atoms with van der Waals surface area (Å²) >= 11 is 0. The molecular weight excluding hydrogens is 222 g/mol. The van der Waals surface area contributed by atoms with E-state index in [0.29, 0.717) is 0 Å². The molecule has 2 aromatic rings. The SMILES string of the molecule is Cc1ccc2c(c1)C(C=O)c1ccccc1N2C. The van der Waals surface area contributed by atoms with Crippen LogP contribution in [0.2, 0.25) is 0 Å². The Morgan fingerprint density at radius 2 is 1.78 bits per heavy atom. The number of nitrogens with zero attached hydrogens (tertiary/aromatic N) is 1. The first kappa shape index (κ1) is 11.0. The molecule has 18 heavy (non-hydrogen) atoms. The van der Waals surface area contributed by atoms with E-state index in [1.165, 1.54) is 5.56 Å². The summed E-state index contributed by atoms with van der Waals surface area (Å²) in [4.78, 5) is 13.6. The molecule has 1 aliphatic rings. The van der Waals surface area contributed by atoms with Crippen LogP contribution in [-0.2, 0) is 4.79 Å².